The lowest BCUT2D eigenvalue weighted by Gasteiger charge is -2.21. The number of carbonyl (C=O) groups is 1. The number of nitrogens with zero attached hydrogens (tertiary/aromatic N) is 1. The number of rotatable bonds is 2. The zero-order valence-electron chi connectivity index (χ0n) is 9.81. The van der Waals surface area contributed by atoms with Crippen LogP contribution in [0.25, 0.3) is 0 Å². The molecule has 1 aromatic carbocycles. The minimum absolute atomic E-state index is 0.0492. The first-order valence-corrected chi connectivity index (χ1v) is 5.77. The summed E-state index contributed by atoms with van der Waals surface area (Å²) in [6.07, 6.45) is 0.755. The summed E-state index contributed by atoms with van der Waals surface area (Å²) in [6, 6.07) is 7.75. The monoisotopic (exact) mass is 218 g/mol. The maximum atomic E-state index is 11.9. The molecule has 16 heavy (non-hydrogen) atoms. The van der Waals surface area contributed by atoms with Crippen molar-refractivity contribution in [2.75, 3.05) is 11.4 Å². The molecule has 1 fully saturated rings. The van der Waals surface area contributed by atoms with E-state index < -0.39 is 0 Å². The van der Waals surface area contributed by atoms with E-state index in [1.165, 1.54) is 5.56 Å². The summed E-state index contributed by atoms with van der Waals surface area (Å²) < 4.78 is 0. The van der Waals surface area contributed by atoms with Crippen LogP contribution in [0, 0.1) is 0 Å². The SMILES string of the molecule is CC(C)c1ccccc1N1CCC(N)C1=O. The Morgan fingerprint density at radius 3 is 2.62 bits per heavy atom. The van der Waals surface area contributed by atoms with Crippen molar-refractivity contribution in [2.24, 2.45) is 5.73 Å². The summed E-state index contributed by atoms with van der Waals surface area (Å²) in [6.45, 7) is 5.02. The van der Waals surface area contributed by atoms with Crippen molar-refractivity contribution in [1.29, 1.82) is 0 Å². The third-order valence-corrected chi connectivity index (χ3v) is 3.10. The van der Waals surface area contributed by atoms with E-state index in [1.807, 2.05) is 23.1 Å². The maximum Gasteiger partial charge on any atom is 0.243 e. The summed E-state index contributed by atoms with van der Waals surface area (Å²) in [5, 5.41) is 0. The van der Waals surface area contributed by atoms with Crippen molar-refractivity contribution in [3.63, 3.8) is 0 Å². The Morgan fingerprint density at radius 1 is 1.38 bits per heavy atom. The number of benzene rings is 1. The van der Waals surface area contributed by atoms with Gasteiger partial charge < -0.3 is 10.6 Å². The molecule has 3 nitrogen and oxygen atoms in total. The second-order valence-corrected chi connectivity index (χ2v) is 4.60. The van der Waals surface area contributed by atoms with E-state index in [9.17, 15) is 4.79 Å². The van der Waals surface area contributed by atoms with Crippen molar-refractivity contribution >= 4 is 11.6 Å². The Balaban J connectivity index is 2.37. The standard InChI is InChI=1S/C13H18N2O/c1-9(2)10-5-3-4-6-12(10)15-8-7-11(14)13(15)16/h3-6,9,11H,7-8,14H2,1-2H3. The van der Waals surface area contributed by atoms with Gasteiger partial charge >= 0.3 is 0 Å². The molecule has 3 heteroatoms. The summed E-state index contributed by atoms with van der Waals surface area (Å²) in [5.41, 5.74) is 7.98. The highest BCUT2D eigenvalue weighted by molar-refractivity contribution is 5.99. The molecule has 86 valence electrons. The highest BCUT2D eigenvalue weighted by atomic mass is 16.2. The number of anilines is 1. The molecule has 2 N–H and O–H groups in total. The highest BCUT2D eigenvalue weighted by Gasteiger charge is 2.30. The largest absolute Gasteiger partial charge is 0.320 e. The van der Waals surface area contributed by atoms with Gasteiger partial charge in [0, 0.05) is 12.2 Å². The summed E-state index contributed by atoms with van der Waals surface area (Å²) in [4.78, 5) is 13.7. The molecule has 1 atom stereocenters. The first kappa shape index (κ1) is 11.1. The summed E-state index contributed by atoms with van der Waals surface area (Å²) in [5.74, 6) is 0.467. The zero-order valence-corrected chi connectivity index (χ0v) is 9.81. The Kier molecular flexibility index (Phi) is 2.97. The molecule has 1 unspecified atom stereocenters. The smallest absolute Gasteiger partial charge is 0.243 e. The molecule has 0 aliphatic carbocycles. The molecule has 0 spiro atoms. The molecule has 0 radical (unpaired) electrons. The molecule has 1 heterocycles. The molecule has 0 bridgehead atoms. The zero-order chi connectivity index (χ0) is 11.7. The topological polar surface area (TPSA) is 46.3 Å². The van der Waals surface area contributed by atoms with Gasteiger partial charge in [-0.25, -0.2) is 0 Å². The van der Waals surface area contributed by atoms with Gasteiger partial charge in [-0.1, -0.05) is 32.0 Å². The molecule has 0 saturated carbocycles. The van der Waals surface area contributed by atoms with Crippen molar-refractivity contribution in [3.8, 4) is 0 Å². The number of hydrogen-bond donors (Lipinski definition) is 1. The van der Waals surface area contributed by atoms with Gasteiger partial charge in [0.25, 0.3) is 0 Å². The second kappa shape index (κ2) is 4.26. The number of para-hydroxylation sites is 1. The van der Waals surface area contributed by atoms with Crippen LogP contribution >= 0.6 is 0 Å². The van der Waals surface area contributed by atoms with Crippen molar-refractivity contribution < 1.29 is 4.79 Å². The van der Waals surface area contributed by atoms with Crippen LogP contribution in [0.5, 0.6) is 0 Å². The van der Waals surface area contributed by atoms with Crippen LogP contribution in [-0.2, 0) is 4.79 Å². The van der Waals surface area contributed by atoms with Crippen molar-refractivity contribution in [3.05, 3.63) is 29.8 Å². The Hall–Kier alpha value is -1.35. The molecular formula is C13H18N2O. The van der Waals surface area contributed by atoms with Gasteiger partial charge in [0.15, 0.2) is 0 Å². The van der Waals surface area contributed by atoms with Gasteiger partial charge in [-0.2, -0.15) is 0 Å². The van der Waals surface area contributed by atoms with Gasteiger partial charge in [-0.15, -0.1) is 0 Å². The van der Waals surface area contributed by atoms with Crippen LogP contribution in [0.1, 0.15) is 31.7 Å². The average molecular weight is 218 g/mol. The Morgan fingerprint density at radius 2 is 2.06 bits per heavy atom. The van der Waals surface area contributed by atoms with E-state index in [-0.39, 0.29) is 11.9 Å². The first-order valence-electron chi connectivity index (χ1n) is 5.77. The first-order chi connectivity index (χ1) is 7.61. The van der Waals surface area contributed by atoms with Gasteiger partial charge in [-0.3, -0.25) is 4.79 Å². The molecule has 1 aromatic rings. The van der Waals surface area contributed by atoms with E-state index >= 15 is 0 Å². The predicted octanol–water partition coefficient (Wildman–Crippen LogP) is 1.87. The lowest BCUT2D eigenvalue weighted by atomic mass is 10.0. The van der Waals surface area contributed by atoms with E-state index in [2.05, 4.69) is 19.9 Å². The number of nitrogens with two attached hydrogens (primary N) is 1. The van der Waals surface area contributed by atoms with Crippen LogP contribution in [-0.4, -0.2) is 18.5 Å². The molecule has 1 aliphatic rings. The van der Waals surface area contributed by atoms with Crippen LogP contribution in [0.3, 0.4) is 0 Å². The molecule has 2 rings (SSSR count). The van der Waals surface area contributed by atoms with Crippen LogP contribution in [0.2, 0.25) is 0 Å². The summed E-state index contributed by atoms with van der Waals surface area (Å²) in [7, 11) is 0. The second-order valence-electron chi connectivity index (χ2n) is 4.60. The molecular weight excluding hydrogens is 200 g/mol. The highest BCUT2D eigenvalue weighted by Crippen LogP contribution is 2.29. The van der Waals surface area contributed by atoms with Crippen LogP contribution in [0.4, 0.5) is 5.69 Å². The normalized spacial score (nSPS) is 20.9. The molecule has 1 saturated heterocycles. The fourth-order valence-corrected chi connectivity index (χ4v) is 2.16. The van der Waals surface area contributed by atoms with Crippen LogP contribution < -0.4 is 10.6 Å². The van der Waals surface area contributed by atoms with Gasteiger partial charge in [0.2, 0.25) is 5.91 Å². The fraction of sp³-hybridized carbons (Fsp3) is 0.462. The van der Waals surface area contributed by atoms with Gasteiger partial charge in [-0.05, 0) is 24.0 Å². The molecule has 0 aromatic heterocycles. The fourth-order valence-electron chi connectivity index (χ4n) is 2.16. The van der Waals surface area contributed by atoms with Crippen molar-refractivity contribution in [1.82, 2.24) is 0 Å². The van der Waals surface area contributed by atoms with Gasteiger partial charge in [0.1, 0.15) is 0 Å². The van der Waals surface area contributed by atoms with E-state index in [4.69, 9.17) is 5.73 Å². The van der Waals surface area contributed by atoms with E-state index in [1.54, 1.807) is 0 Å². The molecule has 1 amide bonds. The van der Waals surface area contributed by atoms with Crippen molar-refractivity contribution in [2.45, 2.75) is 32.2 Å². The van der Waals surface area contributed by atoms with Crippen LogP contribution in [0.15, 0.2) is 24.3 Å². The number of hydrogen-bond acceptors (Lipinski definition) is 2. The van der Waals surface area contributed by atoms with E-state index in [0.29, 0.717) is 5.92 Å². The minimum Gasteiger partial charge on any atom is -0.320 e. The van der Waals surface area contributed by atoms with Gasteiger partial charge in [0.05, 0.1) is 6.04 Å². The average Bonchev–Trinajstić information content (AvgIpc) is 2.60. The minimum atomic E-state index is -0.319. The Bertz CT molecular complexity index is 401. The quantitative estimate of drug-likeness (QED) is 0.823. The number of amides is 1. The lowest BCUT2D eigenvalue weighted by molar-refractivity contribution is -0.118. The maximum absolute atomic E-state index is 11.9. The lowest BCUT2D eigenvalue weighted by Crippen LogP contribution is -2.34. The molecule has 1 aliphatic heterocycles. The third kappa shape index (κ3) is 1.83. The van der Waals surface area contributed by atoms with E-state index in [0.717, 1.165) is 18.7 Å². The predicted molar refractivity (Wildman–Crippen MR) is 65.5 cm³/mol. The Labute approximate surface area is 96.2 Å². The summed E-state index contributed by atoms with van der Waals surface area (Å²) >= 11 is 0. The third-order valence-electron chi connectivity index (χ3n) is 3.10. The number of carbonyl (C=O) groups excluding carboxylic acids is 1.